The summed E-state index contributed by atoms with van der Waals surface area (Å²) in [6.45, 7) is 11.3. The van der Waals surface area contributed by atoms with E-state index in [-0.39, 0.29) is 11.8 Å². The van der Waals surface area contributed by atoms with Crippen LogP contribution in [0.5, 0.6) is 0 Å². The molecule has 0 radical (unpaired) electrons. The number of amides is 2. The van der Waals surface area contributed by atoms with Crippen LogP contribution in [0.3, 0.4) is 0 Å². The van der Waals surface area contributed by atoms with Gasteiger partial charge in [0.2, 0.25) is 11.8 Å². The maximum absolute atomic E-state index is 13.2. The molecule has 0 aliphatic heterocycles. The Bertz CT molecular complexity index is 810. The van der Waals surface area contributed by atoms with Crippen LogP contribution in [-0.4, -0.2) is 29.3 Å². The smallest absolute Gasteiger partial charge is 0.242 e. The fraction of sp³-hybridized carbons (Fsp3) is 0.462. The zero-order valence-electron chi connectivity index (χ0n) is 19.1. The summed E-state index contributed by atoms with van der Waals surface area (Å²) in [5, 5.41) is 3.01. The molecule has 2 rings (SSSR count). The molecule has 30 heavy (non-hydrogen) atoms. The Labute approximate surface area is 181 Å². The Morgan fingerprint density at radius 1 is 0.900 bits per heavy atom. The molecule has 1 N–H and O–H groups in total. The van der Waals surface area contributed by atoms with Crippen molar-refractivity contribution in [1.29, 1.82) is 0 Å². The van der Waals surface area contributed by atoms with E-state index in [1.807, 2.05) is 38.1 Å². The maximum Gasteiger partial charge on any atom is 0.242 e. The zero-order chi connectivity index (χ0) is 22.1. The van der Waals surface area contributed by atoms with Gasteiger partial charge < -0.3 is 10.2 Å². The largest absolute Gasteiger partial charge is 0.354 e. The van der Waals surface area contributed by atoms with Gasteiger partial charge in [-0.1, -0.05) is 80.4 Å². The van der Waals surface area contributed by atoms with Crippen molar-refractivity contribution in [2.24, 2.45) is 5.92 Å². The van der Waals surface area contributed by atoms with E-state index in [1.54, 1.807) is 4.90 Å². The summed E-state index contributed by atoms with van der Waals surface area (Å²) in [7, 11) is 0. The molecule has 162 valence electrons. The third kappa shape index (κ3) is 7.33. The minimum absolute atomic E-state index is 0.0164. The fourth-order valence-electron chi connectivity index (χ4n) is 3.38. The molecule has 0 aromatic heterocycles. The average molecular weight is 409 g/mol. The summed E-state index contributed by atoms with van der Waals surface area (Å²) < 4.78 is 0. The first kappa shape index (κ1) is 23.7. The summed E-state index contributed by atoms with van der Waals surface area (Å²) >= 11 is 0. The van der Waals surface area contributed by atoms with Crippen molar-refractivity contribution in [3.05, 3.63) is 70.8 Å². The Kier molecular flexibility index (Phi) is 9.10. The number of rotatable bonds is 10. The number of nitrogens with one attached hydrogen (secondary N) is 1. The zero-order valence-corrected chi connectivity index (χ0v) is 19.1. The van der Waals surface area contributed by atoms with Gasteiger partial charge in [-0.05, 0) is 43.7 Å². The van der Waals surface area contributed by atoms with Crippen LogP contribution in [0.15, 0.2) is 48.5 Å². The molecule has 0 spiro atoms. The van der Waals surface area contributed by atoms with E-state index >= 15 is 0 Å². The van der Waals surface area contributed by atoms with Gasteiger partial charge in [-0.2, -0.15) is 0 Å². The SMILES string of the molecule is CC[C@H](C(=O)NCC(C)C)N(Cc1ccc(C)cc1)C(=O)CCc1ccc(C)cc1. The lowest BCUT2D eigenvalue weighted by Crippen LogP contribution is -2.49. The molecule has 0 unspecified atom stereocenters. The van der Waals surface area contributed by atoms with Gasteiger partial charge in [0, 0.05) is 19.5 Å². The molecular weight excluding hydrogens is 372 g/mol. The highest BCUT2D eigenvalue weighted by Crippen LogP contribution is 2.16. The molecule has 0 aliphatic rings. The number of hydrogen-bond acceptors (Lipinski definition) is 2. The highest BCUT2D eigenvalue weighted by atomic mass is 16.2. The van der Waals surface area contributed by atoms with Gasteiger partial charge in [0.25, 0.3) is 0 Å². The van der Waals surface area contributed by atoms with E-state index in [2.05, 4.69) is 50.4 Å². The normalized spacial score (nSPS) is 11.9. The summed E-state index contributed by atoms with van der Waals surface area (Å²) in [6, 6.07) is 16.0. The Hall–Kier alpha value is -2.62. The summed E-state index contributed by atoms with van der Waals surface area (Å²) in [4.78, 5) is 27.9. The van der Waals surface area contributed by atoms with Crippen molar-refractivity contribution in [3.8, 4) is 0 Å². The lowest BCUT2D eigenvalue weighted by Gasteiger charge is -2.31. The molecule has 0 fully saturated rings. The second-order valence-electron chi connectivity index (χ2n) is 8.56. The summed E-state index contributed by atoms with van der Waals surface area (Å²) in [6.07, 6.45) is 1.66. The van der Waals surface area contributed by atoms with Crippen LogP contribution in [0.25, 0.3) is 0 Å². The molecule has 0 saturated carbocycles. The van der Waals surface area contributed by atoms with Gasteiger partial charge in [-0.3, -0.25) is 9.59 Å². The molecule has 0 bridgehead atoms. The van der Waals surface area contributed by atoms with Crippen LogP contribution in [-0.2, 0) is 22.6 Å². The number of hydrogen-bond donors (Lipinski definition) is 1. The molecule has 0 saturated heterocycles. The molecule has 4 nitrogen and oxygen atoms in total. The third-order valence-electron chi connectivity index (χ3n) is 5.29. The van der Waals surface area contributed by atoms with Gasteiger partial charge in [0.15, 0.2) is 0 Å². The van der Waals surface area contributed by atoms with E-state index in [0.717, 1.165) is 11.1 Å². The van der Waals surface area contributed by atoms with Crippen LogP contribution >= 0.6 is 0 Å². The number of carbonyl (C=O) groups excluding carboxylic acids is 2. The van der Waals surface area contributed by atoms with Gasteiger partial charge in [0.1, 0.15) is 6.04 Å². The summed E-state index contributed by atoms with van der Waals surface area (Å²) in [5.41, 5.74) is 4.57. The van der Waals surface area contributed by atoms with E-state index in [1.165, 1.54) is 11.1 Å². The predicted molar refractivity (Wildman–Crippen MR) is 123 cm³/mol. The Morgan fingerprint density at radius 3 is 1.93 bits per heavy atom. The standard InChI is InChI=1S/C26H36N2O2/c1-6-24(26(30)27-17-19(2)3)28(18-23-13-9-21(5)10-14-23)25(29)16-15-22-11-7-20(4)8-12-22/h7-14,19,24H,6,15-18H2,1-5H3,(H,27,30)/t24-/m1/s1. The lowest BCUT2D eigenvalue weighted by atomic mass is 10.0. The molecule has 2 aromatic carbocycles. The molecule has 0 heterocycles. The second-order valence-corrected chi connectivity index (χ2v) is 8.56. The Balaban J connectivity index is 2.17. The number of benzene rings is 2. The number of aryl methyl sites for hydroxylation is 3. The van der Waals surface area contributed by atoms with E-state index in [0.29, 0.717) is 38.3 Å². The van der Waals surface area contributed by atoms with Crippen molar-refractivity contribution < 1.29 is 9.59 Å². The second kappa shape index (κ2) is 11.5. The van der Waals surface area contributed by atoms with Crippen LogP contribution in [0, 0.1) is 19.8 Å². The van der Waals surface area contributed by atoms with Crippen LogP contribution in [0.1, 0.15) is 55.9 Å². The van der Waals surface area contributed by atoms with Crippen molar-refractivity contribution in [3.63, 3.8) is 0 Å². The topological polar surface area (TPSA) is 49.4 Å². The van der Waals surface area contributed by atoms with Gasteiger partial charge >= 0.3 is 0 Å². The molecule has 4 heteroatoms. The van der Waals surface area contributed by atoms with E-state index in [9.17, 15) is 9.59 Å². The molecule has 2 amide bonds. The van der Waals surface area contributed by atoms with Crippen molar-refractivity contribution in [1.82, 2.24) is 10.2 Å². The number of nitrogens with zero attached hydrogens (tertiary/aromatic N) is 1. The first-order valence-electron chi connectivity index (χ1n) is 11.0. The fourth-order valence-corrected chi connectivity index (χ4v) is 3.38. The predicted octanol–water partition coefficient (Wildman–Crippen LogP) is 4.82. The van der Waals surface area contributed by atoms with Crippen molar-refractivity contribution in [2.45, 2.75) is 66.5 Å². The van der Waals surface area contributed by atoms with Crippen molar-refractivity contribution >= 4 is 11.8 Å². The first-order valence-corrected chi connectivity index (χ1v) is 11.0. The summed E-state index contributed by atoms with van der Waals surface area (Å²) in [5.74, 6) is 0.318. The minimum Gasteiger partial charge on any atom is -0.354 e. The number of carbonyl (C=O) groups is 2. The molecule has 0 aliphatic carbocycles. The van der Waals surface area contributed by atoms with E-state index in [4.69, 9.17) is 0 Å². The quantitative estimate of drug-likeness (QED) is 0.613. The monoisotopic (exact) mass is 408 g/mol. The van der Waals surface area contributed by atoms with E-state index < -0.39 is 6.04 Å². The van der Waals surface area contributed by atoms with Crippen LogP contribution in [0.2, 0.25) is 0 Å². The highest BCUT2D eigenvalue weighted by Gasteiger charge is 2.28. The molecule has 2 aromatic rings. The van der Waals surface area contributed by atoms with Crippen LogP contribution < -0.4 is 5.32 Å². The maximum atomic E-state index is 13.2. The lowest BCUT2D eigenvalue weighted by molar-refractivity contribution is -0.141. The minimum atomic E-state index is -0.462. The highest BCUT2D eigenvalue weighted by molar-refractivity contribution is 5.87. The molecule has 1 atom stereocenters. The Morgan fingerprint density at radius 2 is 1.43 bits per heavy atom. The molecular formula is C26H36N2O2. The van der Waals surface area contributed by atoms with Gasteiger partial charge in [-0.25, -0.2) is 0 Å². The van der Waals surface area contributed by atoms with Gasteiger partial charge in [0.05, 0.1) is 0 Å². The van der Waals surface area contributed by atoms with Crippen LogP contribution in [0.4, 0.5) is 0 Å². The van der Waals surface area contributed by atoms with Crippen molar-refractivity contribution in [2.75, 3.05) is 6.54 Å². The van der Waals surface area contributed by atoms with Gasteiger partial charge in [-0.15, -0.1) is 0 Å². The third-order valence-corrected chi connectivity index (χ3v) is 5.29. The average Bonchev–Trinajstić information content (AvgIpc) is 2.72. The first-order chi connectivity index (χ1) is 14.3.